The van der Waals surface area contributed by atoms with Crippen molar-refractivity contribution in [3.8, 4) is 11.4 Å². The lowest BCUT2D eigenvalue weighted by molar-refractivity contribution is 0.102. The van der Waals surface area contributed by atoms with E-state index in [0.29, 0.717) is 5.75 Å². The van der Waals surface area contributed by atoms with E-state index in [9.17, 15) is 17.6 Å². The molecule has 0 saturated heterocycles. The number of methoxy groups -OCH3 is 1. The van der Waals surface area contributed by atoms with E-state index in [4.69, 9.17) is 4.74 Å². The molecule has 0 radical (unpaired) electrons. The topological polar surface area (TPSA) is 102 Å². The van der Waals surface area contributed by atoms with Gasteiger partial charge in [0.2, 0.25) is 0 Å². The summed E-state index contributed by atoms with van der Waals surface area (Å²) in [6, 6.07) is 18.2. The van der Waals surface area contributed by atoms with Crippen molar-refractivity contribution in [1.82, 2.24) is 9.78 Å². The minimum Gasteiger partial charge on any atom is -0.495 e. The van der Waals surface area contributed by atoms with Crippen LogP contribution in [0.15, 0.2) is 77.7 Å². The van der Waals surface area contributed by atoms with Crippen LogP contribution in [0, 0.1) is 19.7 Å². The highest BCUT2D eigenvalue weighted by atomic mass is 32.2. The number of anilines is 2. The van der Waals surface area contributed by atoms with Gasteiger partial charge in [0.15, 0.2) is 5.82 Å². The van der Waals surface area contributed by atoms with Crippen molar-refractivity contribution in [2.45, 2.75) is 18.7 Å². The summed E-state index contributed by atoms with van der Waals surface area (Å²) in [5.41, 5.74) is 2.37. The minimum absolute atomic E-state index is 0.0935. The van der Waals surface area contributed by atoms with Crippen LogP contribution in [0.5, 0.6) is 5.75 Å². The van der Waals surface area contributed by atoms with E-state index in [1.807, 2.05) is 19.9 Å². The molecule has 0 aliphatic rings. The van der Waals surface area contributed by atoms with Gasteiger partial charge in [0.1, 0.15) is 11.4 Å². The van der Waals surface area contributed by atoms with Crippen molar-refractivity contribution in [2.24, 2.45) is 0 Å². The summed E-state index contributed by atoms with van der Waals surface area (Å²) < 4.78 is 49.7. The molecule has 10 heteroatoms. The average Bonchev–Trinajstić information content (AvgIpc) is 3.16. The van der Waals surface area contributed by atoms with Crippen molar-refractivity contribution in [3.63, 3.8) is 0 Å². The summed E-state index contributed by atoms with van der Waals surface area (Å²) in [4.78, 5) is 12.7. The number of carbonyl (C=O) groups excluding carboxylic acids is 1. The molecule has 0 unspecified atom stereocenters. The molecule has 1 amide bonds. The fourth-order valence-corrected chi connectivity index (χ4v) is 4.69. The van der Waals surface area contributed by atoms with E-state index in [1.165, 1.54) is 48.2 Å². The Balaban J connectivity index is 1.54. The number of sulfonamides is 1. The third-order valence-corrected chi connectivity index (χ3v) is 6.56. The molecule has 2 N–H and O–H groups in total. The maximum absolute atomic E-state index is 14.8. The smallest absolute Gasteiger partial charge is 0.262 e. The highest BCUT2D eigenvalue weighted by molar-refractivity contribution is 7.92. The van der Waals surface area contributed by atoms with Crippen LogP contribution in [-0.4, -0.2) is 31.2 Å². The predicted molar refractivity (Wildman–Crippen MR) is 131 cm³/mol. The SMILES string of the molecule is COc1ccccc1NS(=O)(=O)c1cccc(C(=O)Nc2ccc(-n3nc(C)cc3C)c(F)c2)c1. The molecule has 8 nitrogen and oxygen atoms in total. The first-order chi connectivity index (χ1) is 16.7. The molecule has 0 atom stereocenters. The number of nitrogens with one attached hydrogen (secondary N) is 2. The number of hydrogen-bond donors (Lipinski definition) is 2. The maximum Gasteiger partial charge on any atom is 0.262 e. The fraction of sp³-hybridized carbons (Fsp3) is 0.120. The number of ether oxygens (including phenoxy) is 1. The number of amides is 1. The molecule has 1 aromatic heterocycles. The van der Waals surface area contributed by atoms with Gasteiger partial charge in [-0.1, -0.05) is 18.2 Å². The molecule has 4 rings (SSSR count). The van der Waals surface area contributed by atoms with Crippen LogP contribution in [0.3, 0.4) is 0 Å². The molecule has 0 saturated carbocycles. The first kappa shape index (κ1) is 24.0. The van der Waals surface area contributed by atoms with Crippen LogP contribution >= 0.6 is 0 Å². The molecule has 180 valence electrons. The Morgan fingerprint density at radius 2 is 1.77 bits per heavy atom. The van der Waals surface area contributed by atoms with E-state index in [0.717, 1.165) is 11.4 Å². The predicted octanol–water partition coefficient (Wildman–Crippen LogP) is 4.69. The zero-order chi connectivity index (χ0) is 25.2. The molecule has 0 fully saturated rings. The number of aromatic nitrogens is 2. The normalized spacial score (nSPS) is 11.2. The van der Waals surface area contributed by atoms with Gasteiger partial charge in [-0.25, -0.2) is 17.5 Å². The van der Waals surface area contributed by atoms with Crippen LogP contribution in [0.2, 0.25) is 0 Å². The molecule has 35 heavy (non-hydrogen) atoms. The summed E-state index contributed by atoms with van der Waals surface area (Å²) in [6.07, 6.45) is 0. The number of rotatable bonds is 7. The fourth-order valence-electron chi connectivity index (χ4n) is 3.57. The van der Waals surface area contributed by atoms with Gasteiger partial charge < -0.3 is 10.1 Å². The van der Waals surface area contributed by atoms with E-state index in [1.54, 1.807) is 30.3 Å². The highest BCUT2D eigenvalue weighted by Gasteiger charge is 2.19. The number of para-hydroxylation sites is 2. The lowest BCUT2D eigenvalue weighted by Crippen LogP contribution is -2.16. The zero-order valence-corrected chi connectivity index (χ0v) is 20.1. The number of nitrogens with zero attached hydrogens (tertiary/aromatic N) is 2. The third kappa shape index (κ3) is 5.17. The monoisotopic (exact) mass is 494 g/mol. The number of benzene rings is 3. The van der Waals surface area contributed by atoms with E-state index < -0.39 is 21.7 Å². The van der Waals surface area contributed by atoms with E-state index >= 15 is 0 Å². The second kappa shape index (κ2) is 9.59. The van der Waals surface area contributed by atoms with Gasteiger partial charge in [-0.3, -0.25) is 9.52 Å². The molecule has 4 aromatic rings. The van der Waals surface area contributed by atoms with Gasteiger partial charge in [0, 0.05) is 16.9 Å². The van der Waals surface area contributed by atoms with Gasteiger partial charge in [0.05, 0.1) is 23.4 Å². The van der Waals surface area contributed by atoms with Gasteiger partial charge in [-0.15, -0.1) is 0 Å². The van der Waals surface area contributed by atoms with Crippen molar-refractivity contribution in [2.75, 3.05) is 17.1 Å². The highest BCUT2D eigenvalue weighted by Crippen LogP contribution is 2.26. The summed E-state index contributed by atoms with van der Waals surface area (Å²) in [5, 5.41) is 6.87. The lowest BCUT2D eigenvalue weighted by atomic mass is 10.2. The van der Waals surface area contributed by atoms with Crippen LogP contribution in [0.4, 0.5) is 15.8 Å². The molecule has 1 heterocycles. The first-order valence-electron chi connectivity index (χ1n) is 10.6. The summed E-state index contributed by atoms with van der Waals surface area (Å²) >= 11 is 0. The molecule has 0 spiro atoms. The Kier molecular flexibility index (Phi) is 6.57. The second-order valence-electron chi connectivity index (χ2n) is 7.79. The van der Waals surface area contributed by atoms with Gasteiger partial charge in [-0.05, 0) is 68.4 Å². The Bertz CT molecular complexity index is 1520. The van der Waals surface area contributed by atoms with Crippen LogP contribution in [0.1, 0.15) is 21.7 Å². The lowest BCUT2D eigenvalue weighted by Gasteiger charge is -2.13. The summed E-state index contributed by atoms with van der Waals surface area (Å²) in [5.74, 6) is -0.792. The number of halogens is 1. The van der Waals surface area contributed by atoms with Crippen molar-refractivity contribution in [1.29, 1.82) is 0 Å². The number of carbonyl (C=O) groups is 1. The summed E-state index contributed by atoms with van der Waals surface area (Å²) in [7, 11) is -2.56. The number of hydrogen-bond acceptors (Lipinski definition) is 5. The second-order valence-corrected chi connectivity index (χ2v) is 9.48. The Morgan fingerprint density at radius 3 is 2.46 bits per heavy atom. The maximum atomic E-state index is 14.8. The van der Waals surface area contributed by atoms with E-state index in [2.05, 4.69) is 15.1 Å². The van der Waals surface area contributed by atoms with Crippen LogP contribution in [0.25, 0.3) is 5.69 Å². The van der Waals surface area contributed by atoms with Crippen LogP contribution in [-0.2, 0) is 10.0 Å². The van der Waals surface area contributed by atoms with Crippen molar-refractivity contribution >= 4 is 27.3 Å². The molecule has 0 aliphatic carbocycles. The van der Waals surface area contributed by atoms with Gasteiger partial charge in [0.25, 0.3) is 15.9 Å². The van der Waals surface area contributed by atoms with Crippen molar-refractivity contribution in [3.05, 3.63) is 95.6 Å². The summed E-state index contributed by atoms with van der Waals surface area (Å²) in [6.45, 7) is 3.63. The Hall–Kier alpha value is -4.18. The first-order valence-corrected chi connectivity index (χ1v) is 12.1. The Labute approximate surface area is 202 Å². The standard InChI is InChI=1S/C25H23FN4O4S/c1-16-13-17(2)30(28-16)23-12-11-19(15-21(23)26)27-25(31)18-7-6-8-20(14-18)35(32,33)29-22-9-4-5-10-24(22)34-3/h4-15,29H,1-3H3,(H,27,31). The minimum atomic E-state index is -4.00. The molecular formula is C25H23FN4O4S. The van der Waals surface area contributed by atoms with Gasteiger partial charge in [-0.2, -0.15) is 5.10 Å². The van der Waals surface area contributed by atoms with Crippen molar-refractivity contribution < 1.29 is 22.3 Å². The number of aryl methyl sites for hydroxylation is 2. The molecule has 3 aromatic carbocycles. The Morgan fingerprint density at radius 1 is 1.00 bits per heavy atom. The third-order valence-electron chi connectivity index (χ3n) is 5.20. The van der Waals surface area contributed by atoms with Crippen LogP contribution < -0.4 is 14.8 Å². The molecular weight excluding hydrogens is 471 g/mol. The van der Waals surface area contributed by atoms with E-state index in [-0.39, 0.29) is 27.5 Å². The molecule has 0 aliphatic heterocycles. The average molecular weight is 495 g/mol. The quantitative estimate of drug-likeness (QED) is 0.388. The van der Waals surface area contributed by atoms with Gasteiger partial charge >= 0.3 is 0 Å². The zero-order valence-electron chi connectivity index (χ0n) is 19.2. The largest absolute Gasteiger partial charge is 0.495 e. The molecule has 0 bridgehead atoms.